The van der Waals surface area contributed by atoms with Crippen LogP contribution in [0.25, 0.3) is 0 Å². The molecule has 0 spiro atoms. The Bertz CT molecular complexity index is 1290. The van der Waals surface area contributed by atoms with Crippen LogP contribution in [-0.4, -0.2) is 96.0 Å². The number of hydrogen-bond acceptors (Lipinski definition) is 11. The van der Waals surface area contributed by atoms with Crippen LogP contribution in [0.3, 0.4) is 0 Å². The second-order valence-electron chi connectivity index (χ2n) is 17.1. The summed E-state index contributed by atoms with van der Waals surface area (Å²) in [7, 11) is -4.60. The molecule has 0 aromatic rings. The summed E-state index contributed by atoms with van der Waals surface area (Å²) in [4.78, 5) is 25.5. The summed E-state index contributed by atoms with van der Waals surface area (Å²) in [6, 6.07) is 0. The van der Waals surface area contributed by atoms with Crippen LogP contribution < -0.4 is 0 Å². The van der Waals surface area contributed by atoms with Crippen molar-refractivity contribution in [2.24, 2.45) is 0 Å². The van der Waals surface area contributed by atoms with Crippen molar-refractivity contribution in [3.63, 3.8) is 0 Å². The normalized spacial score (nSPS) is 20.1. The molecule has 1 fully saturated rings. The lowest BCUT2D eigenvalue weighted by Crippen LogP contribution is -2.60. The van der Waals surface area contributed by atoms with Crippen LogP contribution in [0.15, 0.2) is 36.5 Å². The van der Waals surface area contributed by atoms with Gasteiger partial charge in [-0.3, -0.25) is 14.1 Å². The van der Waals surface area contributed by atoms with Gasteiger partial charge in [0.2, 0.25) is 0 Å². The van der Waals surface area contributed by atoms with Gasteiger partial charge >= 0.3 is 11.9 Å². The number of hydrogen-bond donors (Lipinski definition) is 4. The van der Waals surface area contributed by atoms with Crippen LogP contribution in [0, 0.1) is 0 Å². The molecule has 13 heteroatoms. The zero-order valence-corrected chi connectivity index (χ0v) is 39.5. The molecule has 4 N–H and O–H groups in total. The first-order chi connectivity index (χ1) is 30.0. The fraction of sp³-hybridized carbons (Fsp3) is 0.837. The molecule has 0 saturated carbocycles. The van der Waals surface area contributed by atoms with Crippen molar-refractivity contribution in [2.45, 2.75) is 243 Å². The topological polar surface area (TPSA) is 186 Å². The Balaban J connectivity index is 2.41. The molecule has 1 aliphatic rings. The Morgan fingerprint density at radius 3 is 1.47 bits per heavy atom. The predicted molar refractivity (Wildman–Crippen MR) is 247 cm³/mol. The fourth-order valence-electron chi connectivity index (χ4n) is 7.35. The number of ether oxygens (including phenoxy) is 4. The van der Waals surface area contributed by atoms with Gasteiger partial charge in [-0.2, -0.15) is 8.42 Å². The summed E-state index contributed by atoms with van der Waals surface area (Å²) in [6.45, 7) is 3.73. The second kappa shape index (κ2) is 39.3. The van der Waals surface area contributed by atoms with Gasteiger partial charge < -0.3 is 34.3 Å². The number of rotatable bonds is 41. The maximum absolute atomic E-state index is 12.8. The number of carbonyl (C=O) groups excluding carboxylic acids is 2. The fourth-order valence-corrected chi connectivity index (χ4v) is 8.04. The van der Waals surface area contributed by atoms with Crippen LogP contribution >= 0.6 is 0 Å². The number of allylic oxidation sites excluding steroid dienone is 6. The number of esters is 2. The van der Waals surface area contributed by atoms with Crippen molar-refractivity contribution in [1.82, 2.24) is 0 Å². The van der Waals surface area contributed by atoms with Gasteiger partial charge in [-0.05, 0) is 70.6 Å². The lowest BCUT2D eigenvalue weighted by molar-refractivity contribution is -0.297. The van der Waals surface area contributed by atoms with E-state index in [-0.39, 0.29) is 19.4 Å². The highest BCUT2D eigenvalue weighted by atomic mass is 32.2. The standard InChI is InChI=1S/C49H88O12S/c1-3-5-7-9-11-13-15-17-19-21-23-25-27-29-31-33-35-37-44(50)58-39-42(40-59-49-48(54)47(53)46(52)43(61-49)41-62(55,56)57)60-45(51)38-36-34-32-30-28-26-24-22-20-18-16-14-12-10-8-6-4-2/h12-15,18,20,42-43,46-49,52-54H,3-11,16-17,19,21-41H2,1-2H3,(H,55,56,57)/b14-12+,15-13+,20-18+/t42-,43-,46-,47?,48?,49+/m1/s1. The van der Waals surface area contributed by atoms with Crippen molar-refractivity contribution in [3.8, 4) is 0 Å². The molecule has 0 aliphatic carbocycles. The lowest BCUT2D eigenvalue weighted by atomic mass is 10.00. The average Bonchev–Trinajstić information content (AvgIpc) is 3.24. The molecule has 6 atom stereocenters. The SMILES string of the molecule is CCCCC/C=C/C/C=C/CCCCCCCCCC(=O)O[C@H](COC(=O)CCCCCCCCCCC/C=C/CCCCCC)CO[C@H]1O[C@H](CS(=O)(=O)O)[C@@H](O)C(O)C1O. The molecule has 0 radical (unpaired) electrons. The van der Waals surface area contributed by atoms with Gasteiger partial charge in [0.05, 0.1) is 6.61 Å². The van der Waals surface area contributed by atoms with E-state index in [2.05, 4.69) is 50.3 Å². The van der Waals surface area contributed by atoms with E-state index in [0.717, 1.165) is 57.8 Å². The van der Waals surface area contributed by atoms with Crippen LogP contribution in [0.4, 0.5) is 0 Å². The van der Waals surface area contributed by atoms with Crippen molar-refractivity contribution in [1.29, 1.82) is 0 Å². The quantitative estimate of drug-likeness (QED) is 0.0197. The summed E-state index contributed by atoms with van der Waals surface area (Å²) in [5.41, 5.74) is 0. The molecule has 0 bridgehead atoms. The van der Waals surface area contributed by atoms with Gasteiger partial charge in [-0.25, -0.2) is 0 Å². The van der Waals surface area contributed by atoms with E-state index in [1.54, 1.807) is 0 Å². The molecular formula is C49H88O12S. The van der Waals surface area contributed by atoms with Gasteiger partial charge in [0.25, 0.3) is 10.1 Å². The van der Waals surface area contributed by atoms with E-state index in [9.17, 15) is 37.9 Å². The Kier molecular flexibility index (Phi) is 36.6. The number of aliphatic hydroxyl groups is 3. The molecule has 0 aromatic carbocycles. The van der Waals surface area contributed by atoms with E-state index in [4.69, 9.17) is 18.9 Å². The summed E-state index contributed by atoms with van der Waals surface area (Å²) < 4.78 is 54.2. The highest BCUT2D eigenvalue weighted by Crippen LogP contribution is 2.24. The molecule has 362 valence electrons. The zero-order chi connectivity index (χ0) is 45.5. The van der Waals surface area contributed by atoms with Gasteiger partial charge in [0.15, 0.2) is 12.4 Å². The first kappa shape index (κ1) is 57.9. The molecule has 2 unspecified atom stereocenters. The average molecular weight is 901 g/mol. The summed E-state index contributed by atoms with van der Waals surface area (Å²) in [5.74, 6) is -1.99. The van der Waals surface area contributed by atoms with E-state index < -0.39 is 71.2 Å². The minimum atomic E-state index is -4.60. The van der Waals surface area contributed by atoms with Crippen LogP contribution in [-0.2, 0) is 38.7 Å². The Morgan fingerprint density at radius 2 is 0.968 bits per heavy atom. The lowest BCUT2D eigenvalue weighted by Gasteiger charge is -2.40. The first-order valence-electron chi connectivity index (χ1n) is 24.5. The second-order valence-corrected chi connectivity index (χ2v) is 18.6. The Hall–Kier alpha value is -2.13. The molecule has 1 heterocycles. The Labute approximate surface area is 376 Å². The van der Waals surface area contributed by atoms with E-state index in [1.165, 1.54) is 109 Å². The van der Waals surface area contributed by atoms with Crippen LogP contribution in [0.2, 0.25) is 0 Å². The third-order valence-electron chi connectivity index (χ3n) is 11.2. The van der Waals surface area contributed by atoms with Gasteiger partial charge in [-0.1, -0.05) is 159 Å². The molecule has 62 heavy (non-hydrogen) atoms. The van der Waals surface area contributed by atoms with E-state index in [0.29, 0.717) is 12.8 Å². The third-order valence-corrected chi connectivity index (χ3v) is 11.9. The highest BCUT2D eigenvalue weighted by molar-refractivity contribution is 7.85. The van der Waals surface area contributed by atoms with Crippen LogP contribution in [0.1, 0.15) is 206 Å². The van der Waals surface area contributed by atoms with E-state index >= 15 is 0 Å². The van der Waals surface area contributed by atoms with Gasteiger partial charge in [0, 0.05) is 12.8 Å². The van der Waals surface area contributed by atoms with Crippen molar-refractivity contribution in [2.75, 3.05) is 19.0 Å². The Morgan fingerprint density at radius 1 is 0.548 bits per heavy atom. The molecule has 1 rings (SSSR count). The predicted octanol–water partition coefficient (Wildman–Crippen LogP) is 10.6. The molecule has 0 amide bonds. The summed E-state index contributed by atoms with van der Waals surface area (Å²) in [6.07, 6.45) is 36.0. The smallest absolute Gasteiger partial charge is 0.306 e. The van der Waals surface area contributed by atoms with Crippen molar-refractivity contribution in [3.05, 3.63) is 36.5 Å². The third kappa shape index (κ3) is 33.4. The largest absolute Gasteiger partial charge is 0.462 e. The monoisotopic (exact) mass is 901 g/mol. The minimum Gasteiger partial charge on any atom is -0.462 e. The minimum absolute atomic E-state index is 0.156. The zero-order valence-electron chi connectivity index (χ0n) is 38.7. The first-order valence-corrected chi connectivity index (χ1v) is 26.2. The molecular weight excluding hydrogens is 813 g/mol. The van der Waals surface area contributed by atoms with Crippen molar-refractivity contribution >= 4 is 22.1 Å². The van der Waals surface area contributed by atoms with Gasteiger partial charge in [-0.15, -0.1) is 0 Å². The van der Waals surface area contributed by atoms with Gasteiger partial charge in [0.1, 0.15) is 36.8 Å². The number of unbranched alkanes of at least 4 members (excludes halogenated alkanes) is 23. The number of carbonyl (C=O) groups is 2. The van der Waals surface area contributed by atoms with Crippen LogP contribution in [0.5, 0.6) is 0 Å². The maximum Gasteiger partial charge on any atom is 0.306 e. The summed E-state index contributed by atoms with van der Waals surface area (Å²) in [5, 5.41) is 30.9. The molecule has 1 aliphatic heterocycles. The van der Waals surface area contributed by atoms with Crippen molar-refractivity contribution < 1.29 is 56.8 Å². The maximum atomic E-state index is 12.8. The molecule has 0 aromatic heterocycles. The summed E-state index contributed by atoms with van der Waals surface area (Å²) >= 11 is 0. The highest BCUT2D eigenvalue weighted by Gasteiger charge is 2.46. The number of aliphatic hydroxyl groups excluding tert-OH is 3. The molecule has 12 nitrogen and oxygen atoms in total. The molecule has 1 saturated heterocycles. The van der Waals surface area contributed by atoms with E-state index in [1.807, 2.05) is 0 Å².